The van der Waals surface area contributed by atoms with Crippen LogP contribution in [-0.2, 0) is 9.53 Å². The summed E-state index contributed by atoms with van der Waals surface area (Å²) < 4.78 is 4.60. The maximum Gasteiger partial charge on any atom is 0.339 e. The van der Waals surface area contributed by atoms with E-state index in [-0.39, 0.29) is 17.0 Å². The number of nitriles is 1. The van der Waals surface area contributed by atoms with Crippen molar-refractivity contribution in [3.05, 3.63) is 29.3 Å². The van der Waals surface area contributed by atoms with Crippen molar-refractivity contribution in [3.8, 4) is 6.07 Å². The Labute approximate surface area is 105 Å². The number of hydrogen-bond donors (Lipinski definition) is 0. The van der Waals surface area contributed by atoms with Crippen molar-refractivity contribution in [1.82, 2.24) is 0 Å². The van der Waals surface area contributed by atoms with Crippen molar-refractivity contribution in [2.24, 2.45) is 5.92 Å². The smallest absolute Gasteiger partial charge is 0.339 e. The molecule has 0 amide bonds. The van der Waals surface area contributed by atoms with Crippen LogP contribution in [0.25, 0.3) is 0 Å². The summed E-state index contributed by atoms with van der Waals surface area (Å²) in [6.45, 7) is 1.32. The maximum absolute atomic E-state index is 11.4. The Bertz CT molecular complexity index is 528. The van der Waals surface area contributed by atoms with E-state index in [0.717, 1.165) is 12.0 Å². The van der Waals surface area contributed by atoms with Crippen LogP contribution in [0, 0.1) is 17.2 Å². The summed E-state index contributed by atoms with van der Waals surface area (Å²) in [5.74, 6) is -0.455. The molecule has 0 aliphatic carbocycles. The van der Waals surface area contributed by atoms with Crippen molar-refractivity contribution in [1.29, 1.82) is 5.26 Å². The summed E-state index contributed by atoms with van der Waals surface area (Å²) >= 11 is 0. The van der Waals surface area contributed by atoms with Crippen LogP contribution in [0.2, 0.25) is 0 Å². The molecule has 1 aliphatic heterocycles. The van der Waals surface area contributed by atoms with Gasteiger partial charge in [0, 0.05) is 24.7 Å². The molecule has 0 spiro atoms. The summed E-state index contributed by atoms with van der Waals surface area (Å²) in [6.07, 6.45) is 0.935. The van der Waals surface area contributed by atoms with Gasteiger partial charge in [-0.3, -0.25) is 0 Å². The van der Waals surface area contributed by atoms with Gasteiger partial charge in [-0.2, -0.15) is 5.26 Å². The molecular weight excluding hydrogens is 232 g/mol. The zero-order valence-electron chi connectivity index (χ0n) is 9.92. The van der Waals surface area contributed by atoms with Gasteiger partial charge < -0.3 is 14.4 Å². The molecule has 5 heteroatoms. The van der Waals surface area contributed by atoms with Crippen LogP contribution in [0.15, 0.2) is 18.2 Å². The Kier molecular flexibility index (Phi) is 3.28. The van der Waals surface area contributed by atoms with E-state index in [0.29, 0.717) is 13.1 Å². The van der Waals surface area contributed by atoms with E-state index in [4.69, 9.17) is 5.26 Å². The SMILES string of the molecule is COC(=O)c1ccc(N2CC(C=O)C2)cc1C#N. The van der Waals surface area contributed by atoms with Crippen molar-refractivity contribution >= 4 is 17.9 Å². The highest BCUT2D eigenvalue weighted by Gasteiger charge is 2.27. The van der Waals surface area contributed by atoms with Crippen molar-refractivity contribution in [3.63, 3.8) is 0 Å². The summed E-state index contributed by atoms with van der Waals surface area (Å²) in [5.41, 5.74) is 1.39. The zero-order valence-corrected chi connectivity index (χ0v) is 9.92. The molecule has 1 saturated heterocycles. The molecule has 1 aliphatic rings. The number of nitrogens with zero attached hydrogens (tertiary/aromatic N) is 2. The first-order valence-electron chi connectivity index (χ1n) is 5.52. The highest BCUT2D eigenvalue weighted by Crippen LogP contribution is 2.26. The average Bonchev–Trinajstić information content (AvgIpc) is 2.36. The number of rotatable bonds is 3. The summed E-state index contributed by atoms with van der Waals surface area (Å²) in [4.78, 5) is 23.9. The molecule has 0 bridgehead atoms. The van der Waals surface area contributed by atoms with Crippen LogP contribution in [0.3, 0.4) is 0 Å². The molecule has 0 unspecified atom stereocenters. The lowest BCUT2D eigenvalue weighted by molar-refractivity contribution is -0.111. The molecule has 0 aromatic heterocycles. The van der Waals surface area contributed by atoms with Crippen LogP contribution in [0.4, 0.5) is 5.69 Å². The second kappa shape index (κ2) is 4.88. The zero-order chi connectivity index (χ0) is 13.1. The third-order valence-electron chi connectivity index (χ3n) is 3.00. The van der Waals surface area contributed by atoms with Crippen molar-refractivity contribution in [2.45, 2.75) is 0 Å². The van der Waals surface area contributed by atoms with Gasteiger partial charge in [0.05, 0.1) is 18.2 Å². The van der Waals surface area contributed by atoms with Crippen LogP contribution in [-0.4, -0.2) is 32.5 Å². The Hall–Kier alpha value is -2.35. The predicted molar refractivity (Wildman–Crippen MR) is 64.3 cm³/mol. The highest BCUT2D eigenvalue weighted by atomic mass is 16.5. The quantitative estimate of drug-likeness (QED) is 0.585. The Morgan fingerprint density at radius 1 is 1.56 bits per heavy atom. The van der Waals surface area contributed by atoms with Gasteiger partial charge in [-0.1, -0.05) is 0 Å². The first-order valence-corrected chi connectivity index (χ1v) is 5.52. The number of esters is 1. The standard InChI is InChI=1S/C13H12N2O3/c1-18-13(17)12-3-2-11(4-10(12)5-14)15-6-9(7-15)8-16/h2-4,8-9H,6-7H2,1H3. The Morgan fingerprint density at radius 2 is 2.28 bits per heavy atom. The lowest BCUT2D eigenvalue weighted by Crippen LogP contribution is -2.47. The number of carbonyl (C=O) groups is 2. The fraction of sp³-hybridized carbons (Fsp3) is 0.308. The minimum atomic E-state index is -0.521. The van der Waals surface area contributed by atoms with Crippen LogP contribution in [0.1, 0.15) is 15.9 Å². The first kappa shape index (κ1) is 12.1. The third-order valence-corrected chi connectivity index (χ3v) is 3.00. The molecule has 2 rings (SSSR count). The maximum atomic E-state index is 11.4. The number of benzene rings is 1. The van der Waals surface area contributed by atoms with Crippen molar-refractivity contribution in [2.75, 3.05) is 25.1 Å². The molecule has 5 nitrogen and oxygen atoms in total. The minimum Gasteiger partial charge on any atom is -0.465 e. The number of aldehydes is 1. The fourth-order valence-electron chi connectivity index (χ4n) is 1.92. The van der Waals surface area contributed by atoms with Gasteiger partial charge in [-0.15, -0.1) is 0 Å². The van der Waals surface area contributed by atoms with Gasteiger partial charge in [0.1, 0.15) is 12.4 Å². The van der Waals surface area contributed by atoms with E-state index in [1.54, 1.807) is 18.2 Å². The molecule has 0 saturated carbocycles. The molecule has 1 heterocycles. The van der Waals surface area contributed by atoms with E-state index >= 15 is 0 Å². The van der Waals surface area contributed by atoms with Crippen LogP contribution < -0.4 is 4.90 Å². The molecule has 18 heavy (non-hydrogen) atoms. The van der Waals surface area contributed by atoms with Gasteiger partial charge in [0.2, 0.25) is 0 Å². The number of carbonyl (C=O) groups excluding carboxylic acids is 2. The van der Waals surface area contributed by atoms with Crippen LogP contribution in [0.5, 0.6) is 0 Å². The Balaban J connectivity index is 2.24. The van der Waals surface area contributed by atoms with E-state index < -0.39 is 5.97 Å². The fourth-order valence-corrected chi connectivity index (χ4v) is 1.92. The number of hydrogen-bond acceptors (Lipinski definition) is 5. The molecule has 1 aromatic rings. The lowest BCUT2D eigenvalue weighted by Gasteiger charge is -2.38. The molecule has 0 atom stereocenters. The monoisotopic (exact) mass is 244 g/mol. The lowest BCUT2D eigenvalue weighted by atomic mass is 9.99. The van der Waals surface area contributed by atoms with E-state index in [1.165, 1.54) is 7.11 Å². The van der Waals surface area contributed by atoms with Gasteiger partial charge in [0.15, 0.2) is 0 Å². The summed E-state index contributed by atoms with van der Waals surface area (Å²) in [6, 6.07) is 6.96. The normalized spacial score (nSPS) is 14.6. The predicted octanol–water partition coefficient (Wildman–Crippen LogP) is 0.980. The average molecular weight is 244 g/mol. The highest BCUT2D eigenvalue weighted by molar-refractivity contribution is 5.92. The van der Waals surface area contributed by atoms with E-state index in [2.05, 4.69) is 4.74 Å². The number of methoxy groups -OCH3 is 1. The Morgan fingerprint density at radius 3 is 2.83 bits per heavy atom. The summed E-state index contributed by atoms with van der Waals surface area (Å²) in [5, 5.41) is 9.03. The molecule has 1 fully saturated rings. The molecule has 1 aromatic carbocycles. The molecular formula is C13H12N2O3. The van der Waals surface area contributed by atoms with E-state index in [1.807, 2.05) is 11.0 Å². The second-order valence-corrected chi connectivity index (χ2v) is 4.13. The minimum absolute atomic E-state index is 0.0656. The van der Waals surface area contributed by atoms with E-state index in [9.17, 15) is 9.59 Å². The van der Waals surface area contributed by atoms with Gasteiger partial charge in [-0.25, -0.2) is 4.79 Å². The van der Waals surface area contributed by atoms with Crippen molar-refractivity contribution < 1.29 is 14.3 Å². The van der Waals surface area contributed by atoms with Crippen LogP contribution >= 0.6 is 0 Å². The first-order chi connectivity index (χ1) is 8.69. The van der Waals surface area contributed by atoms with Gasteiger partial charge in [-0.05, 0) is 18.2 Å². The third kappa shape index (κ3) is 2.05. The molecule has 0 radical (unpaired) electrons. The van der Waals surface area contributed by atoms with Gasteiger partial charge >= 0.3 is 5.97 Å². The second-order valence-electron chi connectivity index (χ2n) is 4.13. The molecule has 92 valence electrons. The topological polar surface area (TPSA) is 70.4 Å². The molecule has 0 N–H and O–H groups in total. The summed E-state index contributed by atoms with van der Waals surface area (Å²) in [7, 11) is 1.28. The largest absolute Gasteiger partial charge is 0.465 e. The number of ether oxygens (including phenoxy) is 1. The van der Waals surface area contributed by atoms with Gasteiger partial charge in [0.25, 0.3) is 0 Å². The number of anilines is 1.